The van der Waals surface area contributed by atoms with Gasteiger partial charge in [0.15, 0.2) is 0 Å². The van der Waals surface area contributed by atoms with Crippen LogP contribution in [0.2, 0.25) is 0 Å². The molecule has 0 aliphatic carbocycles. The highest BCUT2D eigenvalue weighted by Crippen LogP contribution is 2.32. The third kappa shape index (κ3) is 5.10. The third-order valence-electron chi connectivity index (χ3n) is 3.51. The average molecular weight is 341 g/mol. The summed E-state index contributed by atoms with van der Waals surface area (Å²) in [6.07, 6.45) is 2.17. The molecule has 3 N–H and O–H groups in total. The summed E-state index contributed by atoms with van der Waals surface area (Å²) in [4.78, 5) is 0. The minimum absolute atomic E-state index is 0.0291. The van der Waals surface area contributed by atoms with Crippen LogP contribution in [-0.4, -0.2) is 12.1 Å². The molecule has 0 amide bonds. The van der Waals surface area contributed by atoms with E-state index in [0.717, 1.165) is 23.0 Å². The third-order valence-corrected chi connectivity index (χ3v) is 4.20. The number of aryl methyl sites for hydroxylation is 1. The van der Waals surface area contributed by atoms with Gasteiger partial charge in [-0.3, -0.25) is 0 Å². The number of rotatable bonds is 7. The van der Waals surface area contributed by atoms with Crippen molar-refractivity contribution in [2.75, 3.05) is 11.9 Å². The summed E-state index contributed by atoms with van der Waals surface area (Å²) in [5.74, 6) is 1.24. The molecule has 0 saturated carbocycles. The van der Waals surface area contributed by atoms with E-state index in [9.17, 15) is 0 Å². The Bertz CT molecular complexity index is 417. The van der Waals surface area contributed by atoms with Crippen LogP contribution < -0.4 is 11.1 Å². The fourth-order valence-corrected chi connectivity index (χ4v) is 3.33. The van der Waals surface area contributed by atoms with Crippen molar-refractivity contribution in [1.82, 2.24) is 0 Å². The summed E-state index contributed by atoms with van der Waals surface area (Å²) < 4.78 is 1.11. The lowest BCUT2D eigenvalue weighted by Gasteiger charge is -2.38. The largest absolute Gasteiger partial charge is 0.377 e. The lowest BCUT2D eigenvalue weighted by molar-refractivity contribution is 0.317. The number of anilines is 1. The van der Waals surface area contributed by atoms with E-state index in [1.807, 2.05) is 0 Å². The van der Waals surface area contributed by atoms with Crippen molar-refractivity contribution in [2.45, 2.75) is 53.0 Å². The van der Waals surface area contributed by atoms with Crippen molar-refractivity contribution in [3.8, 4) is 0 Å². The van der Waals surface area contributed by atoms with Crippen molar-refractivity contribution in [2.24, 2.45) is 17.6 Å². The lowest BCUT2D eigenvalue weighted by atomic mass is 9.81. The Morgan fingerprint density at radius 3 is 2.15 bits per heavy atom. The van der Waals surface area contributed by atoms with Crippen LogP contribution in [0.4, 0.5) is 5.69 Å². The molecule has 1 rings (SSSR count). The quantitative estimate of drug-likeness (QED) is 0.736. The van der Waals surface area contributed by atoms with Gasteiger partial charge in [-0.15, -0.1) is 0 Å². The fraction of sp³-hybridized carbons (Fsp3) is 0.647. The molecule has 0 bridgehead atoms. The molecule has 0 spiro atoms. The van der Waals surface area contributed by atoms with Gasteiger partial charge in [0.1, 0.15) is 0 Å². The van der Waals surface area contributed by atoms with E-state index in [0.29, 0.717) is 18.4 Å². The van der Waals surface area contributed by atoms with E-state index in [1.165, 1.54) is 5.56 Å². The van der Waals surface area contributed by atoms with Crippen LogP contribution >= 0.6 is 15.9 Å². The van der Waals surface area contributed by atoms with Gasteiger partial charge in [0.25, 0.3) is 0 Å². The summed E-state index contributed by atoms with van der Waals surface area (Å²) in [7, 11) is 0. The maximum absolute atomic E-state index is 6.16. The van der Waals surface area contributed by atoms with Gasteiger partial charge in [-0.1, -0.05) is 33.8 Å². The zero-order valence-corrected chi connectivity index (χ0v) is 15.0. The predicted octanol–water partition coefficient (Wildman–Crippen LogP) is 4.96. The second-order valence-electron chi connectivity index (χ2n) is 6.79. The number of hydrogen-bond acceptors (Lipinski definition) is 2. The predicted molar refractivity (Wildman–Crippen MR) is 93.2 cm³/mol. The van der Waals surface area contributed by atoms with E-state index >= 15 is 0 Å². The van der Waals surface area contributed by atoms with Crippen molar-refractivity contribution in [1.29, 1.82) is 0 Å². The van der Waals surface area contributed by atoms with Gasteiger partial charge in [-0.25, -0.2) is 0 Å². The maximum atomic E-state index is 6.16. The Hall–Kier alpha value is -0.540. The Morgan fingerprint density at radius 1 is 1.15 bits per heavy atom. The standard InChI is InChI=1S/C17H29BrN2/c1-12(2)9-17(11-19,10-13(3)4)20-16-8-14(5)6-7-15(16)18/h6-8,12-13,20H,9-11,19H2,1-5H3. The zero-order valence-electron chi connectivity index (χ0n) is 13.5. The van der Waals surface area contributed by atoms with Crippen LogP contribution in [0.15, 0.2) is 22.7 Å². The Balaban J connectivity index is 3.06. The van der Waals surface area contributed by atoms with E-state index in [4.69, 9.17) is 5.73 Å². The minimum atomic E-state index is -0.0291. The molecule has 20 heavy (non-hydrogen) atoms. The first kappa shape index (κ1) is 17.5. The Kier molecular flexibility index (Phi) is 6.53. The Labute approximate surface area is 132 Å². The van der Waals surface area contributed by atoms with Gasteiger partial charge < -0.3 is 11.1 Å². The van der Waals surface area contributed by atoms with Crippen LogP contribution in [0.1, 0.15) is 46.1 Å². The minimum Gasteiger partial charge on any atom is -0.377 e. The smallest absolute Gasteiger partial charge is 0.0500 e. The van der Waals surface area contributed by atoms with Crippen LogP contribution in [-0.2, 0) is 0 Å². The van der Waals surface area contributed by atoms with E-state index in [-0.39, 0.29) is 5.54 Å². The van der Waals surface area contributed by atoms with Gasteiger partial charge >= 0.3 is 0 Å². The summed E-state index contributed by atoms with van der Waals surface area (Å²) in [6, 6.07) is 6.41. The Morgan fingerprint density at radius 2 is 1.70 bits per heavy atom. The second-order valence-corrected chi connectivity index (χ2v) is 7.64. The highest BCUT2D eigenvalue weighted by atomic mass is 79.9. The molecule has 0 radical (unpaired) electrons. The molecular weight excluding hydrogens is 312 g/mol. The van der Waals surface area contributed by atoms with E-state index < -0.39 is 0 Å². The number of nitrogens with one attached hydrogen (secondary N) is 1. The van der Waals surface area contributed by atoms with Crippen LogP contribution in [0.25, 0.3) is 0 Å². The van der Waals surface area contributed by atoms with Crippen LogP contribution in [0.5, 0.6) is 0 Å². The molecule has 3 heteroatoms. The number of benzene rings is 1. The molecule has 0 saturated heterocycles. The van der Waals surface area contributed by atoms with E-state index in [2.05, 4.69) is 74.1 Å². The van der Waals surface area contributed by atoms with E-state index in [1.54, 1.807) is 0 Å². The molecule has 0 aliphatic heterocycles. The van der Waals surface area contributed by atoms with Crippen molar-refractivity contribution < 1.29 is 0 Å². The average Bonchev–Trinajstić information content (AvgIpc) is 2.32. The first-order valence-electron chi connectivity index (χ1n) is 7.52. The summed E-state index contributed by atoms with van der Waals surface area (Å²) in [6.45, 7) is 11.8. The highest BCUT2D eigenvalue weighted by Gasteiger charge is 2.30. The fourth-order valence-electron chi connectivity index (χ4n) is 2.99. The van der Waals surface area contributed by atoms with Crippen LogP contribution in [0.3, 0.4) is 0 Å². The normalized spacial score (nSPS) is 12.2. The van der Waals surface area contributed by atoms with Crippen molar-refractivity contribution in [3.63, 3.8) is 0 Å². The lowest BCUT2D eigenvalue weighted by Crippen LogP contribution is -2.47. The molecule has 0 heterocycles. The summed E-state index contributed by atoms with van der Waals surface area (Å²) >= 11 is 3.64. The monoisotopic (exact) mass is 340 g/mol. The van der Waals surface area contributed by atoms with Gasteiger partial charge in [0.2, 0.25) is 0 Å². The molecule has 0 aromatic heterocycles. The molecule has 0 fully saturated rings. The zero-order chi connectivity index (χ0) is 15.3. The molecule has 114 valence electrons. The van der Waals surface area contributed by atoms with Gasteiger partial charge in [0, 0.05) is 16.7 Å². The summed E-state index contributed by atoms with van der Waals surface area (Å²) in [5.41, 5.74) is 8.54. The number of halogens is 1. The molecule has 1 aromatic carbocycles. The summed E-state index contributed by atoms with van der Waals surface area (Å²) in [5, 5.41) is 3.74. The number of hydrogen-bond donors (Lipinski definition) is 2. The van der Waals surface area contributed by atoms with Crippen LogP contribution in [0, 0.1) is 18.8 Å². The van der Waals surface area contributed by atoms with Crippen molar-refractivity contribution >= 4 is 21.6 Å². The molecule has 0 atom stereocenters. The molecule has 2 nitrogen and oxygen atoms in total. The molecule has 0 unspecified atom stereocenters. The first-order valence-corrected chi connectivity index (χ1v) is 8.31. The van der Waals surface area contributed by atoms with Gasteiger partial charge in [-0.05, 0) is 65.2 Å². The topological polar surface area (TPSA) is 38.0 Å². The molecular formula is C17H29BrN2. The van der Waals surface area contributed by atoms with Gasteiger partial charge in [-0.2, -0.15) is 0 Å². The molecule has 1 aromatic rings. The van der Waals surface area contributed by atoms with Gasteiger partial charge in [0.05, 0.1) is 5.54 Å². The van der Waals surface area contributed by atoms with Crippen molar-refractivity contribution in [3.05, 3.63) is 28.2 Å². The molecule has 0 aliphatic rings. The second kappa shape index (κ2) is 7.46. The highest BCUT2D eigenvalue weighted by molar-refractivity contribution is 9.10. The SMILES string of the molecule is Cc1ccc(Br)c(NC(CN)(CC(C)C)CC(C)C)c1. The maximum Gasteiger partial charge on any atom is 0.0500 e. The number of nitrogens with two attached hydrogens (primary N) is 1. The first-order chi connectivity index (χ1) is 9.28.